The number of halogens is 4. The van der Waals surface area contributed by atoms with E-state index in [9.17, 15) is 17.6 Å². The molecule has 0 saturated heterocycles. The molecule has 0 aliphatic rings. The molecule has 5 heteroatoms. The van der Waals surface area contributed by atoms with Gasteiger partial charge in [0.25, 0.3) is 0 Å². The summed E-state index contributed by atoms with van der Waals surface area (Å²) in [6.45, 7) is -0.196. The van der Waals surface area contributed by atoms with E-state index < -0.39 is 17.6 Å². The summed E-state index contributed by atoms with van der Waals surface area (Å²) in [5.74, 6) is -0.492. The van der Waals surface area contributed by atoms with Crippen LogP contribution < -0.4 is 5.73 Å². The molecular formula is C14H11F4N. The van der Waals surface area contributed by atoms with E-state index in [1.807, 2.05) is 0 Å². The van der Waals surface area contributed by atoms with Crippen molar-refractivity contribution in [2.24, 2.45) is 5.73 Å². The molecule has 0 amide bonds. The highest BCUT2D eigenvalue weighted by atomic mass is 19.4. The molecule has 0 spiro atoms. The number of alkyl halides is 3. The summed E-state index contributed by atoms with van der Waals surface area (Å²) >= 11 is 0. The summed E-state index contributed by atoms with van der Waals surface area (Å²) < 4.78 is 51.7. The molecule has 2 aromatic rings. The van der Waals surface area contributed by atoms with Gasteiger partial charge in [0.2, 0.25) is 0 Å². The summed E-state index contributed by atoms with van der Waals surface area (Å²) in [4.78, 5) is 0. The van der Waals surface area contributed by atoms with Crippen LogP contribution in [0.25, 0.3) is 11.1 Å². The maximum atomic E-state index is 13.1. The molecule has 19 heavy (non-hydrogen) atoms. The second kappa shape index (κ2) is 5.01. The fourth-order valence-electron chi connectivity index (χ4n) is 1.87. The summed E-state index contributed by atoms with van der Waals surface area (Å²) in [6.07, 6.45) is -4.47. The molecular weight excluding hydrogens is 258 g/mol. The predicted octanol–water partition coefficient (Wildman–Crippen LogP) is 3.97. The molecule has 0 bridgehead atoms. The van der Waals surface area contributed by atoms with Gasteiger partial charge in [0.15, 0.2) is 0 Å². The Labute approximate surface area is 107 Å². The Morgan fingerprint density at radius 1 is 0.947 bits per heavy atom. The molecule has 0 aliphatic heterocycles. The molecule has 0 saturated carbocycles. The van der Waals surface area contributed by atoms with Crippen LogP contribution in [0.4, 0.5) is 17.6 Å². The summed E-state index contributed by atoms with van der Waals surface area (Å²) in [6, 6.07) is 9.27. The van der Waals surface area contributed by atoms with E-state index in [-0.39, 0.29) is 12.1 Å². The van der Waals surface area contributed by atoms with Crippen LogP contribution in [0.1, 0.15) is 11.1 Å². The van der Waals surface area contributed by atoms with Gasteiger partial charge in [0.1, 0.15) is 5.82 Å². The van der Waals surface area contributed by atoms with Crippen LogP contribution >= 0.6 is 0 Å². The minimum absolute atomic E-state index is 0.0210. The van der Waals surface area contributed by atoms with Crippen molar-refractivity contribution in [3.05, 3.63) is 59.4 Å². The predicted molar refractivity (Wildman–Crippen MR) is 64.7 cm³/mol. The van der Waals surface area contributed by atoms with Gasteiger partial charge in [-0.15, -0.1) is 0 Å². The Morgan fingerprint density at radius 3 is 2.21 bits per heavy atom. The summed E-state index contributed by atoms with van der Waals surface area (Å²) in [7, 11) is 0. The van der Waals surface area contributed by atoms with E-state index >= 15 is 0 Å². The zero-order valence-electron chi connectivity index (χ0n) is 9.84. The van der Waals surface area contributed by atoms with Crippen LogP contribution in [0, 0.1) is 5.82 Å². The quantitative estimate of drug-likeness (QED) is 0.820. The molecule has 2 rings (SSSR count). The lowest BCUT2D eigenvalue weighted by molar-refractivity contribution is -0.138. The van der Waals surface area contributed by atoms with Crippen molar-refractivity contribution in [2.45, 2.75) is 12.7 Å². The molecule has 0 unspecified atom stereocenters. The van der Waals surface area contributed by atoms with Gasteiger partial charge in [-0.25, -0.2) is 4.39 Å². The van der Waals surface area contributed by atoms with E-state index in [1.54, 1.807) is 6.07 Å². The Hall–Kier alpha value is -1.88. The third-order valence-corrected chi connectivity index (χ3v) is 2.79. The average molecular weight is 269 g/mol. The van der Waals surface area contributed by atoms with Crippen molar-refractivity contribution >= 4 is 0 Å². The third-order valence-electron chi connectivity index (χ3n) is 2.79. The first-order valence-electron chi connectivity index (χ1n) is 5.58. The normalized spacial score (nSPS) is 11.6. The molecule has 0 aromatic heterocycles. The lowest BCUT2D eigenvalue weighted by atomic mass is 9.98. The fraction of sp³-hybridized carbons (Fsp3) is 0.143. The van der Waals surface area contributed by atoms with Crippen molar-refractivity contribution in [3.8, 4) is 11.1 Å². The number of nitrogens with two attached hydrogens (primary N) is 1. The zero-order valence-corrected chi connectivity index (χ0v) is 9.84. The van der Waals surface area contributed by atoms with Crippen molar-refractivity contribution in [2.75, 3.05) is 0 Å². The van der Waals surface area contributed by atoms with Crippen LogP contribution in [0.15, 0.2) is 42.5 Å². The second-order valence-corrected chi connectivity index (χ2v) is 4.08. The van der Waals surface area contributed by atoms with Crippen LogP contribution in [0.2, 0.25) is 0 Å². The average Bonchev–Trinajstić information content (AvgIpc) is 2.37. The Kier molecular flexibility index (Phi) is 3.57. The van der Waals surface area contributed by atoms with Gasteiger partial charge in [-0.3, -0.25) is 0 Å². The number of rotatable bonds is 2. The van der Waals surface area contributed by atoms with Crippen LogP contribution in [0.3, 0.4) is 0 Å². The topological polar surface area (TPSA) is 26.0 Å². The van der Waals surface area contributed by atoms with E-state index in [0.717, 1.165) is 6.07 Å². The monoisotopic (exact) mass is 269 g/mol. The highest BCUT2D eigenvalue weighted by molar-refractivity contribution is 5.65. The molecule has 0 aliphatic carbocycles. The van der Waals surface area contributed by atoms with Crippen molar-refractivity contribution in [1.29, 1.82) is 0 Å². The maximum absolute atomic E-state index is 13.1. The van der Waals surface area contributed by atoms with Crippen LogP contribution in [-0.4, -0.2) is 0 Å². The molecule has 0 heterocycles. The summed E-state index contributed by atoms with van der Waals surface area (Å²) in [5.41, 5.74) is 5.25. The van der Waals surface area contributed by atoms with Crippen molar-refractivity contribution < 1.29 is 17.6 Å². The van der Waals surface area contributed by atoms with Gasteiger partial charge in [-0.1, -0.05) is 24.3 Å². The third kappa shape index (κ3) is 2.93. The van der Waals surface area contributed by atoms with E-state index in [0.29, 0.717) is 11.1 Å². The smallest absolute Gasteiger partial charge is 0.326 e. The molecule has 2 N–H and O–H groups in total. The Morgan fingerprint density at radius 2 is 1.63 bits per heavy atom. The Balaban J connectivity index is 2.55. The van der Waals surface area contributed by atoms with Gasteiger partial charge in [-0.2, -0.15) is 13.2 Å². The van der Waals surface area contributed by atoms with Crippen LogP contribution in [-0.2, 0) is 12.7 Å². The summed E-state index contributed by atoms with van der Waals surface area (Å²) in [5, 5.41) is 0. The van der Waals surface area contributed by atoms with E-state index in [4.69, 9.17) is 5.73 Å². The van der Waals surface area contributed by atoms with E-state index in [2.05, 4.69) is 0 Å². The maximum Gasteiger partial charge on any atom is 0.416 e. The molecule has 2 aromatic carbocycles. The highest BCUT2D eigenvalue weighted by Gasteiger charge is 2.33. The van der Waals surface area contributed by atoms with Crippen LogP contribution in [0.5, 0.6) is 0 Å². The first-order valence-corrected chi connectivity index (χ1v) is 5.58. The molecule has 1 nitrogen and oxygen atoms in total. The minimum Gasteiger partial charge on any atom is -0.326 e. The second-order valence-electron chi connectivity index (χ2n) is 4.08. The van der Waals surface area contributed by atoms with Gasteiger partial charge in [-0.05, 0) is 34.9 Å². The van der Waals surface area contributed by atoms with Gasteiger partial charge < -0.3 is 5.73 Å². The van der Waals surface area contributed by atoms with E-state index in [1.165, 1.54) is 30.3 Å². The molecule has 100 valence electrons. The van der Waals surface area contributed by atoms with Gasteiger partial charge in [0.05, 0.1) is 5.56 Å². The first kappa shape index (κ1) is 13.5. The largest absolute Gasteiger partial charge is 0.416 e. The van der Waals surface area contributed by atoms with Crippen molar-refractivity contribution in [3.63, 3.8) is 0 Å². The fourth-order valence-corrected chi connectivity index (χ4v) is 1.87. The molecule has 0 fully saturated rings. The molecule has 0 atom stereocenters. The van der Waals surface area contributed by atoms with Crippen molar-refractivity contribution in [1.82, 2.24) is 0 Å². The lowest BCUT2D eigenvalue weighted by Gasteiger charge is -2.13. The van der Waals surface area contributed by atoms with Gasteiger partial charge in [0, 0.05) is 6.54 Å². The SMILES string of the molecule is NCc1ccc(-c2cccc(F)c2)cc1C(F)(F)F. The lowest BCUT2D eigenvalue weighted by Crippen LogP contribution is -2.12. The minimum atomic E-state index is -4.47. The Bertz CT molecular complexity index is 590. The number of hydrogen-bond acceptors (Lipinski definition) is 1. The van der Waals surface area contributed by atoms with Gasteiger partial charge >= 0.3 is 6.18 Å². The zero-order chi connectivity index (χ0) is 14.0. The molecule has 0 radical (unpaired) electrons. The standard InChI is InChI=1S/C14H11F4N/c15-12-3-1-2-9(6-12)10-4-5-11(8-19)13(7-10)14(16,17)18/h1-7H,8,19H2. The number of hydrogen-bond donors (Lipinski definition) is 1. The number of benzene rings is 2. The highest BCUT2D eigenvalue weighted by Crippen LogP contribution is 2.35. The first-order chi connectivity index (χ1) is 8.91.